The Balaban J connectivity index is 2.41. The molecular formula is C8H10BN. The van der Waals surface area contributed by atoms with E-state index in [0.29, 0.717) is 0 Å². The molecule has 1 aliphatic heterocycles. The van der Waals surface area contributed by atoms with Gasteiger partial charge >= 0.3 is 60.9 Å². The molecule has 0 spiro atoms. The number of hydrogen-bond acceptors (Lipinski definition) is 1. The molecule has 10 heavy (non-hydrogen) atoms. The maximum atomic E-state index is 3.36. The Hall–Kier alpha value is -0.785. The van der Waals surface area contributed by atoms with Gasteiger partial charge in [-0.3, -0.25) is 0 Å². The molecule has 2 heterocycles. The van der Waals surface area contributed by atoms with Crippen LogP contribution in [0.1, 0.15) is 12.0 Å². The maximum absolute atomic E-state index is 3.36. The Morgan fingerprint density at radius 2 is 2.50 bits per heavy atom. The van der Waals surface area contributed by atoms with Gasteiger partial charge in [0.05, 0.1) is 0 Å². The monoisotopic (exact) mass is 131 g/mol. The van der Waals surface area contributed by atoms with E-state index in [0.717, 1.165) is 6.54 Å². The topological polar surface area (TPSA) is 12.0 Å². The summed E-state index contributed by atoms with van der Waals surface area (Å²) < 4.78 is 0. The van der Waals surface area contributed by atoms with E-state index in [4.69, 9.17) is 0 Å². The van der Waals surface area contributed by atoms with Crippen LogP contribution in [0.3, 0.4) is 0 Å². The summed E-state index contributed by atoms with van der Waals surface area (Å²) >= 11 is 0. The van der Waals surface area contributed by atoms with Gasteiger partial charge in [-0.15, -0.1) is 0 Å². The van der Waals surface area contributed by atoms with Crippen molar-refractivity contribution >= 4 is 12.6 Å². The Bertz CT molecular complexity index is 209. The second-order valence-corrected chi connectivity index (χ2v) is 2.69. The zero-order valence-corrected chi connectivity index (χ0v) is 5.93. The van der Waals surface area contributed by atoms with Crippen molar-refractivity contribution in [3.05, 3.63) is 23.6 Å². The first kappa shape index (κ1) is 5.96. The van der Waals surface area contributed by atoms with E-state index in [-0.39, 0.29) is 0 Å². The van der Waals surface area contributed by atoms with Crippen molar-refractivity contribution in [3.63, 3.8) is 0 Å². The number of rotatable bonds is 0. The minimum atomic E-state index is 1.14. The molecule has 2 heteroatoms. The van der Waals surface area contributed by atoms with Crippen molar-refractivity contribution < 1.29 is 0 Å². The standard InChI is InChI=1S/C8H10BN/c1-2-7-3-4-9-6-8(7)10-5-1/h3-4,6,10H,1-2,5H2. The Kier molecular flexibility index (Phi) is 1.46. The van der Waals surface area contributed by atoms with Gasteiger partial charge in [-0.1, -0.05) is 0 Å². The van der Waals surface area contributed by atoms with Crippen LogP contribution < -0.4 is 5.32 Å². The summed E-state index contributed by atoms with van der Waals surface area (Å²) in [6.45, 7) is 3.22. The average Bonchev–Trinajstić information content (AvgIpc) is 2.05. The summed E-state index contributed by atoms with van der Waals surface area (Å²) in [6, 6.07) is 2.20. The molecule has 0 atom stereocenters. The van der Waals surface area contributed by atoms with E-state index in [9.17, 15) is 0 Å². The second kappa shape index (κ2) is 2.45. The summed E-state index contributed by atoms with van der Waals surface area (Å²) in [6.07, 6.45) is 2.51. The molecule has 0 saturated carbocycles. The van der Waals surface area contributed by atoms with Crippen molar-refractivity contribution in [2.24, 2.45) is 0 Å². The van der Waals surface area contributed by atoms with Gasteiger partial charge in [-0.25, -0.2) is 0 Å². The molecule has 0 aromatic carbocycles. The van der Waals surface area contributed by atoms with Crippen molar-refractivity contribution in [2.75, 3.05) is 11.9 Å². The quantitative estimate of drug-likeness (QED) is 0.560. The second-order valence-electron chi connectivity index (χ2n) is 2.69. The fraction of sp³-hybridized carbons (Fsp3) is 0.375. The molecule has 0 amide bonds. The molecule has 0 aliphatic carbocycles. The van der Waals surface area contributed by atoms with Crippen LogP contribution in [0.4, 0.5) is 5.69 Å². The molecular weight excluding hydrogens is 121 g/mol. The molecule has 1 aliphatic rings. The molecule has 0 unspecified atom stereocenters. The first-order valence-electron chi connectivity index (χ1n) is 3.78. The summed E-state index contributed by atoms with van der Waals surface area (Å²) in [5, 5.41) is 3.36. The van der Waals surface area contributed by atoms with Crippen molar-refractivity contribution in [1.29, 1.82) is 0 Å². The van der Waals surface area contributed by atoms with Crippen LogP contribution in [0, 0.1) is 0 Å². The fourth-order valence-electron chi connectivity index (χ4n) is 1.41. The number of nitrogens with one attached hydrogen (secondary N) is 1. The van der Waals surface area contributed by atoms with Crippen LogP contribution in [0.2, 0.25) is 0 Å². The zero-order chi connectivity index (χ0) is 6.81. The fourth-order valence-corrected chi connectivity index (χ4v) is 1.41. The Labute approximate surface area is 61.7 Å². The minimum absolute atomic E-state index is 1.14. The van der Waals surface area contributed by atoms with E-state index in [1.54, 1.807) is 0 Å². The molecule has 1 N–H and O–H groups in total. The molecule has 0 fully saturated rings. The van der Waals surface area contributed by atoms with Crippen LogP contribution >= 0.6 is 0 Å². The first-order valence-corrected chi connectivity index (χ1v) is 3.78. The average molecular weight is 131 g/mol. The van der Waals surface area contributed by atoms with E-state index in [1.807, 2.05) is 0 Å². The van der Waals surface area contributed by atoms with Gasteiger partial charge in [0.25, 0.3) is 0 Å². The molecule has 1 nitrogen and oxygen atoms in total. The van der Waals surface area contributed by atoms with Crippen molar-refractivity contribution in [1.82, 2.24) is 0 Å². The third-order valence-corrected chi connectivity index (χ3v) is 1.96. The van der Waals surface area contributed by atoms with E-state index >= 15 is 0 Å². The van der Waals surface area contributed by atoms with Crippen LogP contribution in [0.25, 0.3) is 0 Å². The summed E-state index contributed by atoms with van der Waals surface area (Å²) in [4.78, 5) is 0. The zero-order valence-electron chi connectivity index (χ0n) is 5.93. The van der Waals surface area contributed by atoms with Crippen LogP contribution in [-0.2, 0) is 6.42 Å². The van der Waals surface area contributed by atoms with Crippen LogP contribution in [-0.4, -0.2) is 13.5 Å². The number of fused-ring (bicyclic) bond motifs is 1. The van der Waals surface area contributed by atoms with Gasteiger partial charge in [0.1, 0.15) is 0 Å². The van der Waals surface area contributed by atoms with E-state index in [1.165, 1.54) is 24.1 Å². The predicted molar refractivity (Wildman–Crippen MR) is 44.6 cm³/mol. The Morgan fingerprint density at radius 3 is 3.40 bits per heavy atom. The molecule has 50 valence electrons. The number of anilines is 1. The molecule has 1 aromatic rings. The SMILES string of the molecule is b1ccc2c(c1)NCCC2. The molecule has 2 rings (SSSR count). The van der Waals surface area contributed by atoms with Gasteiger partial charge in [0.15, 0.2) is 0 Å². The molecule has 0 saturated heterocycles. The number of aryl methyl sites for hydroxylation is 1. The summed E-state index contributed by atoms with van der Waals surface area (Å²) in [5.41, 5.74) is 2.79. The molecule has 0 radical (unpaired) electrons. The van der Waals surface area contributed by atoms with Crippen LogP contribution in [0.5, 0.6) is 0 Å². The van der Waals surface area contributed by atoms with Crippen LogP contribution in [0.15, 0.2) is 18.0 Å². The Morgan fingerprint density at radius 1 is 1.50 bits per heavy atom. The summed E-state index contributed by atoms with van der Waals surface area (Å²) in [7, 11) is 0. The third-order valence-electron chi connectivity index (χ3n) is 1.96. The van der Waals surface area contributed by atoms with Gasteiger partial charge < -0.3 is 0 Å². The van der Waals surface area contributed by atoms with Crippen molar-refractivity contribution in [2.45, 2.75) is 12.8 Å². The first-order chi connectivity index (χ1) is 4.97. The van der Waals surface area contributed by atoms with Gasteiger partial charge in [-0.2, -0.15) is 0 Å². The van der Waals surface area contributed by atoms with Gasteiger partial charge in [0, 0.05) is 0 Å². The third kappa shape index (κ3) is 0.940. The normalized spacial score (nSPS) is 15.2. The van der Waals surface area contributed by atoms with E-state index in [2.05, 4.69) is 30.2 Å². The summed E-state index contributed by atoms with van der Waals surface area (Å²) in [5.74, 6) is 4.25. The van der Waals surface area contributed by atoms with Gasteiger partial charge in [-0.05, 0) is 0 Å². The number of hydrogen-bond donors (Lipinski definition) is 1. The van der Waals surface area contributed by atoms with Crippen molar-refractivity contribution in [3.8, 4) is 0 Å². The molecule has 0 bridgehead atoms. The van der Waals surface area contributed by atoms with E-state index < -0.39 is 0 Å². The predicted octanol–water partition coefficient (Wildman–Crippen LogP) is 1.38. The van der Waals surface area contributed by atoms with Gasteiger partial charge in [0.2, 0.25) is 0 Å². The molecule has 1 aromatic heterocycles.